The Morgan fingerprint density at radius 3 is 2.61 bits per heavy atom. The molecule has 1 aromatic carbocycles. The van der Waals surface area contributed by atoms with E-state index >= 15 is 0 Å². The molecule has 0 fully saturated rings. The number of carbonyl (C=O) groups is 1. The normalized spacial score (nSPS) is 12.2. The Morgan fingerprint density at radius 1 is 1.28 bits per heavy atom. The van der Waals surface area contributed by atoms with E-state index in [1.807, 2.05) is 31.2 Å². The molecule has 0 aliphatic rings. The van der Waals surface area contributed by atoms with Crippen molar-refractivity contribution in [2.75, 3.05) is 11.9 Å². The van der Waals surface area contributed by atoms with E-state index in [1.165, 1.54) is 0 Å². The van der Waals surface area contributed by atoms with Gasteiger partial charge >= 0.3 is 0 Å². The number of hydrogen-bond donors (Lipinski definition) is 2. The molecular weight excluding hydrogens is 224 g/mol. The third kappa shape index (κ3) is 4.88. The molecule has 0 aliphatic heterocycles. The van der Waals surface area contributed by atoms with Crippen LogP contribution in [0.15, 0.2) is 24.3 Å². The first-order valence-electron chi connectivity index (χ1n) is 6.76. The molecule has 100 valence electrons. The summed E-state index contributed by atoms with van der Waals surface area (Å²) < 4.78 is 0. The number of amides is 1. The first kappa shape index (κ1) is 14.7. The van der Waals surface area contributed by atoms with Crippen molar-refractivity contribution in [3.63, 3.8) is 0 Å². The van der Waals surface area contributed by atoms with Crippen LogP contribution in [0.5, 0.6) is 0 Å². The summed E-state index contributed by atoms with van der Waals surface area (Å²) >= 11 is 0. The second kappa shape index (κ2) is 7.88. The van der Waals surface area contributed by atoms with E-state index < -0.39 is 0 Å². The van der Waals surface area contributed by atoms with Crippen molar-refractivity contribution < 1.29 is 4.79 Å². The van der Waals surface area contributed by atoms with Gasteiger partial charge in [-0.1, -0.05) is 38.5 Å². The molecule has 0 bridgehead atoms. The van der Waals surface area contributed by atoms with Crippen LogP contribution < -0.4 is 10.6 Å². The molecule has 0 aliphatic carbocycles. The monoisotopic (exact) mass is 248 g/mol. The fourth-order valence-corrected chi connectivity index (χ4v) is 1.94. The third-order valence-electron chi connectivity index (χ3n) is 3.10. The molecule has 0 radical (unpaired) electrons. The number of benzene rings is 1. The molecule has 0 spiro atoms. The van der Waals surface area contributed by atoms with Gasteiger partial charge < -0.3 is 10.6 Å². The van der Waals surface area contributed by atoms with Gasteiger partial charge in [-0.15, -0.1) is 0 Å². The molecule has 1 rings (SSSR count). The van der Waals surface area contributed by atoms with E-state index in [1.54, 1.807) is 0 Å². The number of anilines is 1. The zero-order chi connectivity index (χ0) is 13.4. The summed E-state index contributed by atoms with van der Waals surface area (Å²) in [5, 5.41) is 6.23. The van der Waals surface area contributed by atoms with Gasteiger partial charge in [0, 0.05) is 11.7 Å². The molecule has 0 saturated carbocycles. The molecule has 2 N–H and O–H groups in total. The molecule has 3 nitrogen and oxygen atoms in total. The van der Waals surface area contributed by atoms with Crippen LogP contribution in [0.1, 0.15) is 38.7 Å². The molecule has 1 aromatic rings. The minimum atomic E-state index is 0.0267. The zero-order valence-electron chi connectivity index (χ0n) is 11.6. The number of para-hydroxylation sites is 1. The van der Waals surface area contributed by atoms with Crippen molar-refractivity contribution in [2.45, 2.75) is 46.1 Å². The van der Waals surface area contributed by atoms with Crippen molar-refractivity contribution in [1.82, 2.24) is 5.32 Å². The summed E-state index contributed by atoms with van der Waals surface area (Å²) in [5.74, 6) is 0.0267. The highest BCUT2D eigenvalue weighted by atomic mass is 16.1. The topological polar surface area (TPSA) is 41.1 Å². The van der Waals surface area contributed by atoms with E-state index in [2.05, 4.69) is 24.5 Å². The Labute approximate surface area is 110 Å². The standard InChI is InChI=1S/C15H24N2O/c1-4-8-13(5-2)16-11-15(18)17-14-10-7-6-9-12(14)3/h6-7,9-10,13,16H,4-5,8,11H2,1-3H3,(H,17,18). The van der Waals surface area contributed by atoms with Gasteiger partial charge in [0.1, 0.15) is 0 Å². The average Bonchev–Trinajstić information content (AvgIpc) is 2.37. The molecule has 1 unspecified atom stereocenters. The molecular formula is C15H24N2O. The molecule has 3 heteroatoms. The summed E-state index contributed by atoms with van der Waals surface area (Å²) in [6.45, 7) is 6.69. The van der Waals surface area contributed by atoms with Gasteiger partial charge in [-0.25, -0.2) is 0 Å². The molecule has 0 saturated heterocycles. The predicted octanol–water partition coefficient (Wildman–Crippen LogP) is 3.10. The van der Waals surface area contributed by atoms with Crippen LogP contribution in [-0.2, 0) is 4.79 Å². The van der Waals surface area contributed by atoms with Gasteiger partial charge in [0.15, 0.2) is 0 Å². The maximum absolute atomic E-state index is 11.8. The van der Waals surface area contributed by atoms with Crippen molar-refractivity contribution >= 4 is 11.6 Å². The minimum Gasteiger partial charge on any atom is -0.325 e. The maximum Gasteiger partial charge on any atom is 0.238 e. The van der Waals surface area contributed by atoms with Gasteiger partial charge in [0.25, 0.3) is 0 Å². The van der Waals surface area contributed by atoms with Crippen LogP contribution in [0.25, 0.3) is 0 Å². The summed E-state index contributed by atoms with van der Waals surface area (Å²) in [4.78, 5) is 11.8. The predicted molar refractivity (Wildman–Crippen MR) is 76.8 cm³/mol. The number of rotatable bonds is 7. The van der Waals surface area contributed by atoms with Crippen molar-refractivity contribution in [3.8, 4) is 0 Å². The first-order valence-corrected chi connectivity index (χ1v) is 6.76. The Hall–Kier alpha value is -1.35. The van der Waals surface area contributed by atoms with Crippen LogP contribution >= 0.6 is 0 Å². The number of aryl methyl sites for hydroxylation is 1. The smallest absolute Gasteiger partial charge is 0.238 e. The number of carbonyl (C=O) groups excluding carboxylic acids is 1. The fourth-order valence-electron chi connectivity index (χ4n) is 1.94. The molecule has 1 atom stereocenters. The molecule has 18 heavy (non-hydrogen) atoms. The Kier molecular flexibility index (Phi) is 6.44. The zero-order valence-corrected chi connectivity index (χ0v) is 11.6. The highest BCUT2D eigenvalue weighted by molar-refractivity contribution is 5.92. The second-order valence-electron chi connectivity index (χ2n) is 4.64. The highest BCUT2D eigenvalue weighted by Crippen LogP contribution is 2.12. The lowest BCUT2D eigenvalue weighted by Gasteiger charge is -2.16. The van der Waals surface area contributed by atoms with Crippen LogP contribution in [0, 0.1) is 6.92 Å². The number of hydrogen-bond acceptors (Lipinski definition) is 2. The average molecular weight is 248 g/mol. The largest absolute Gasteiger partial charge is 0.325 e. The summed E-state index contributed by atoms with van der Waals surface area (Å²) in [7, 11) is 0. The maximum atomic E-state index is 11.8. The summed E-state index contributed by atoms with van der Waals surface area (Å²) in [6, 6.07) is 8.27. The van der Waals surface area contributed by atoms with Crippen LogP contribution in [0.2, 0.25) is 0 Å². The van der Waals surface area contributed by atoms with Gasteiger partial charge in [-0.2, -0.15) is 0 Å². The van der Waals surface area contributed by atoms with E-state index in [4.69, 9.17) is 0 Å². The van der Waals surface area contributed by atoms with E-state index in [9.17, 15) is 4.79 Å². The van der Waals surface area contributed by atoms with Gasteiger partial charge in [0.05, 0.1) is 6.54 Å². The quantitative estimate of drug-likeness (QED) is 0.778. The van der Waals surface area contributed by atoms with Crippen LogP contribution in [0.3, 0.4) is 0 Å². The van der Waals surface area contributed by atoms with Crippen molar-refractivity contribution in [1.29, 1.82) is 0 Å². The Bertz CT molecular complexity index is 377. The van der Waals surface area contributed by atoms with E-state index in [0.29, 0.717) is 12.6 Å². The SMILES string of the molecule is CCCC(CC)NCC(=O)Nc1ccccc1C. The second-order valence-corrected chi connectivity index (χ2v) is 4.64. The summed E-state index contributed by atoms with van der Waals surface area (Å²) in [5.41, 5.74) is 1.99. The lowest BCUT2D eigenvalue weighted by molar-refractivity contribution is -0.115. The minimum absolute atomic E-state index is 0.0267. The third-order valence-corrected chi connectivity index (χ3v) is 3.10. The van der Waals surface area contributed by atoms with E-state index in [-0.39, 0.29) is 5.91 Å². The van der Waals surface area contributed by atoms with Gasteiger partial charge in [0.2, 0.25) is 5.91 Å². The fraction of sp³-hybridized carbons (Fsp3) is 0.533. The van der Waals surface area contributed by atoms with Crippen molar-refractivity contribution in [2.24, 2.45) is 0 Å². The molecule has 0 aromatic heterocycles. The lowest BCUT2D eigenvalue weighted by atomic mass is 10.1. The summed E-state index contributed by atoms with van der Waals surface area (Å²) in [6.07, 6.45) is 3.32. The lowest BCUT2D eigenvalue weighted by Crippen LogP contribution is -2.35. The van der Waals surface area contributed by atoms with Gasteiger partial charge in [-0.3, -0.25) is 4.79 Å². The van der Waals surface area contributed by atoms with Gasteiger partial charge in [-0.05, 0) is 31.4 Å². The van der Waals surface area contributed by atoms with E-state index in [0.717, 1.165) is 30.5 Å². The number of nitrogens with one attached hydrogen (secondary N) is 2. The molecule has 0 heterocycles. The van der Waals surface area contributed by atoms with Crippen LogP contribution in [0.4, 0.5) is 5.69 Å². The van der Waals surface area contributed by atoms with Crippen molar-refractivity contribution in [3.05, 3.63) is 29.8 Å². The first-order chi connectivity index (χ1) is 8.67. The molecule has 1 amide bonds. The Morgan fingerprint density at radius 2 is 2.00 bits per heavy atom. The highest BCUT2D eigenvalue weighted by Gasteiger charge is 2.08. The Balaban J connectivity index is 2.40. The van der Waals surface area contributed by atoms with Crippen LogP contribution in [-0.4, -0.2) is 18.5 Å².